The first-order valence-corrected chi connectivity index (χ1v) is 6.28. The summed E-state index contributed by atoms with van der Waals surface area (Å²) in [5, 5.41) is 9.16. The van der Waals surface area contributed by atoms with Crippen LogP contribution in [0.2, 0.25) is 0 Å². The Morgan fingerprint density at radius 3 is 2.95 bits per heavy atom. The van der Waals surface area contributed by atoms with E-state index in [1.54, 1.807) is 0 Å². The van der Waals surface area contributed by atoms with Gasteiger partial charge in [0.2, 0.25) is 0 Å². The van der Waals surface area contributed by atoms with Crippen LogP contribution in [0.25, 0.3) is 0 Å². The highest BCUT2D eigenvalue weighted by Crippen LogP contribution is 2.30. The van der Waals surface area contributed by atoms with E-state index in [-0.39, 0.29) is 22.7 Å². The van der Waals surface area contributed by atoms with Crippen LogP contribution in [0, 0.1) is 11.3 Å². The average Bonchev–Trinajstić information content (AvgIpc) is 2.42. The molecule has 7 heteroatoms. The van der Waals surface area contributed by atoms with Gasteiger partial charge in [-0.2, -0.15) is 5.26 Å². The van der Waals surface area contributed by atoms with Crippen molar-refractivity contribution in [1.29, 1.82) is 5.26 Å². The van der Waals surface area contributed by atoms with Crippen LogP contribution in [-0.4, -0.2) is 57.3 Å². The maximum atomic E-state index is 14.0. The quantitative estimate of drug-likeness (QED) is 0.736. The molecule has 1 aromatic rings. The Bertz CT molecular complexity index is 535. The largest absolute Gasteiger partial charge is 0.480 e. The smallest absolute Gasteiger partial charge is 0.258 e. The molecule has 0 N–H and O–H groups in total. The second kappa shape index (κ2) is 6.10. The van der Waals surface area contributed by atoms with Crippen molar-refractivity contribution >= 4 is 13.3 Å². The van der Waals surface area contributed by atoms with Crippen molar-refractivity contribution in [1.82, 2.24) is 9.88 Å². The molecule has 1 aliphatic heterocycles. The van der Waals surface area contributed by atoms with Gasteiger partial charge in [-0.05, 0) is 13.5 Å². The third kappa shape index (κ3) is 2.85. The Morgan fingerprint density at radius 2 is 2.35 bits per heavy atom. The second-order valence-corrected chi connectivity index (χ2v) is 4.76. The zero-order chi connectivity index (χ0) is 14.7. The monoisotopic (exact) mass is 275 g/mol. The summed E-state index contributed by atoms with van der Waals surface area (Å²) < 4.78 is 24.7. The molecular formula is C13H15BFN3O2. The lowest BCUT2D eigenvalue weighted by Crippen LogP contribution is -2.45. The van der Waals surface area contributed by atoms with E-state index in [9.17, 15) is 4.39 Å². The number of methoxy groups -OCH3 is 1. The van der Waals surface area contributed by atoms with Crippen molar-refractivity contribution in [3.05, 3.63) is 11.8 Å². The number of hydrogen-bond acceptors (Lipinski definition) is 5. The van der Waals surface area contributed by atoms with Gasteiger partial charge < -0.3 is 14.4 Å². The normalized spacial score (nSPS) is 23.1. The van der Waals surface area contributed by atoms with E-state index in [0.29, 0.717) is 13.0 Å². The number of halogens is 1. The molecule has 0 saturated carbocycles. The van der Waals surface area contributed by atoms with E-state index in [0.717, 1.165) is 6.54 Å². The van der Waals surface area contributed by atoms with Crippen LogP contribution >= 0.6 is 0 Å². The lowest BCUT2D eigenvalue weighted by atomic mass is 9.92. The standard InChI is InChI=1S/C13H15BFN3O2/c1-18-4-3-11(10(15)7-18)20-12-8(5-16)9(14)6-17-13(12)19-2/h6,10-11H,3-4,7H2,1-2H3/t10-,11+/m0/s1. The van der Waals surface area contributed by atoms with Crippen LogP contribution in [0.4, 0.5) is 4.39 Å². The molecule has 0 aliphatic carbocycles. The van der Waals surface area contributed by atoms with Crippen LogP contribution in [-0.2, 0) is 0 Å². The number of rotatable bonds is 3. The maximum absolute atomic E-state index is 14.0. The van der Waals surface area contributed by atoms with Gasteiger partial charge in [0, 0.05) is 19.3 Å². The van der Waals surface area contributed by atoms with Gasteiger partial charge in [0.05, 0.1) is 12.7 Å². The molecule has 20 heavy (non-hydrogen) atoms. The van der Waals surface area contributed by atoms with Gasteiger partial charge >= 0.3 is 0 Å². The highest BCUT2D eigenvalue weighted by Gasteiger charge is 2.31. The third-order valence-electron chi connectivity index (χ3n) is 3.29. The molecule has 1 saturated heterocycles. The van der Waals surface area contributed by atoms with Crippen molar-refractivity contribution < 1.29 is 13.9 Å². The number of alkyl halides is 1. The molecule has 0 spiro atoms. The first-order chi connectivity index (χ1) is 9.56. The fourth-order valence-corrected chi connectivity index (χ4v) is 2.18. The summed E-state index contributed by atoms with van der Waals surface area (Å²) in [6.07, 6.45) is 0.0917. The molecule has 2 radical (unpaired) electrons. The van der Waals surface area contributed by atoms with Gasteiger partial charge in [0.25, 0.3) is 5.88 Å². The summed E-state index contributed by atoms with van der Waals surface area (Å²) in [6.45, 7) is 1.02. The molecule has 104 valence electrons. The molecule has 1 fully saturated rings. The van der Waals surface area contributed by atoms with E-state index in [4.69, 9.17) is 22.6 Å². The predicted octanol–water partition coefficient (Wildman–Crippen LogP) is 0.177. The Balaban J connectivity index is 2.28. The maximum Gasteiger partial charge on any atom is 0.258 e. The predicted molar refractivity (Wildman–Crippen MR) is 72.3 cm³/mol. The highest BCUT2D eigenvalue weighted by molar-refractivity contribution is 6.34. The SMILES string of the molecule is [B]c1cnc(OC)c(O[C@@H]2CCN(C)C[C@@H]2F)c1C#N. The van der Waals surface area contributed by atoms with E-state index in [1.165, 1.54) is 13.3 Å². The van der Waals surface area contributed by atoms with Gasteiger partial charge in [0.15, 0.2) is 5.75 Å². The summed E-state index contributed by atoms with van der Waals surface area (Å²) in [5.41, 5.74) is 0.314. The molecule has 0 bridgehead atoms. The minimum Gasteiger partial charge on any atom is -0.480 e. The van der Waals surface area contributed by atoms with Gasteiger partial charge in [-0.15, -0.1) is 0 Å². The lowest BCUT2D eigenvalue weighted by Gasteiger charge is -2.32. The van der Waals surface area contributed by atoms with E-state index < -0.39 is 12.3 Å². The van der Waals surface area contributed by atoms with Gasteiger partial charge in [-0.1, -0.05) is 5.46 Å². The van der Waals surface area contributed by atoms with Crippen molar-refractivity contribution in [2.45, 2.75) is 18.7 Å². The van der Waals surface area contributed by atoms with Crippen molar-refractivity contribution in [2.75, 3.05) is 27.2 Å². The molecule has 5 nitrogen and oxygen atoms in total. The number of likely N-dealkylation sites (tertiary alicyclic amines) is 1. The number of ether oxygens (including phenoxy) is 2. The number of pyridine rings is 1. The Kier molecular flexibility index (Phi) is 4.45. The van der Waals surface area contributed by atoms with Crippen LogP contribution in [0.3, 0.4) is 0 Å². The number of hydrogen-bond donors (Lipinski definition) is 0. The minimum absolute atomic E-state index is 0.118. The van der Waals surface area contributed by atoms with Gasteiger partial charge in [-0.25, -0.2) is 9.37 Å². The van der Waals surface area contributed by atoms with Crippen LogP contribution in [0.15, 0.2) is 6.20 Å². The molecule has 0 unspecified atom stereocenters. The third-order valence-corrected chi connectivity index (χ3v) is 3.29. The van der Waals surface area contributed by atoms with Crippen molar-refractivity contribution in [3.63, 3.8) is 0 Å². The fourth-order valence-electron chi connectivity index (χ4n) is 2.18. The first-order valence-electron chi connectivity index (χ1n) is 6.28. The van der Waals surface area contributed by atoms with Gasteiger partial charge in [-0.3, -0.25) is 0 Å². The summed E-state index contributed by atoms with van der Waals surface area (Å²) in [4.78, 5) is 5.85. The molecular weight excluding hydrogens is 260 g/mol. The molecule has 0 aromatic carbocycles. The zero-order valence-corrected chi connectivity index (χ0v) is 11.5. The Labute approximate surface area is 118 Å². The number of piperidine rings is 1. The number of nitrogens with zero attached hydrogens (tertiary/aromatic N) is 3. The molecule has 2 rings (SSSR count). The van der Waals surface area contributed by atoms with Crippen LogP contribution in [0.5, 0.6) is 11.6 Å². The Hall–Kier alpha value is -1.81. The number of aromatic nitrogens is 1. The molecule has 0 amide bonds. The van der Waals surface area contributed by atoms with E-state index >= 15 is 0 Å². The van der Waals surface area contributed by atoms with Crippen molar-refractivity contribution in [3.8, 4) is 17.7 Å². The van der Waals surface area contributed by atoms with E-state index in [1.807, 2.05) is 18.0 Å². The summed E-state index contributed by atoms with van der Waals surface area (Å²) in [6, 6.07) is 1.95. The molecule has 2 atom stereocenters. The lowest BCUT2D eigenvalue weighted by molar-refractivity contribution is 0.0294. The minimum atomic E-state index is -1.13. The molecule has 1 aromatic heterocycles. The Morgan fingerprint density at radius 1 is 1.60 bits per heavy atom. The average molecular weight is 275 g/mol. The van der Waals surface area contributed by atoms with Crippen LogP contribution in [0.1, 0.15) is 12.0 Å². The van der Waals surface area contributed by atoms with Crippen molar-refractivity contribution in [2.24, 2.45) is 0 Å². The summed E-state index contributed by atoms with van der Waals surface area (Å²) in [5.74, 6) is 0.258. The highest BCUT2D eigenvalue weighted by atomic mass is 19.1. The molecule has 1 aliphatic rings. The number of nitriles is 1. The zero-order valence-electron chi connectivity index (χ0n) is 11.5. The topological polar surface area (TPSA) is 58.4 Å². The second-order valence-electron chi connectivity index (χ2n) is 4.76. The van der Waals surface area contributed by atoms with E-state index in [2.05, 4.69) is 4.98 Å². The molecule has 2 heterocycles. The first kappa shape index (κ1) is 14.6. The summed E-state index contributed by atoms with van der Waals surface area (Å²) in [7, 11) is 8.96. The van der Waals surface area contributed by atoms with Gasteiger partial charge in [0.1, 0.15) is 26.2 Å². The fraction of sp³-hybridized carbons (Fsp3) is 0.538. The summed E-state index contributed by atoms with van der Waals surface area (Å²) >= 11 is 0. The van der Waals surface area contributed by atoms with Crippen LogP contribution < -0.4 is 14.9 Å².